The van der Waals surface area contributed by atoms with Crippen LogP contribution < -0.4 is 10.6 Å². The fraction of sp³-hybridized carbons (Fsp3) is 0.800. The van der Waals surface area contributed by atoms with E-state index in [1.165, 1.54) is 16.3 Å². The lowest BCUT2D eigenvalue weighted by Gasteiger charge is -2.21. The van der Waals surface area contributed by atoms with Gasteiger partial charge in [-0.15, -0.1) is 11.3 Å². The van der Waals surface area contributed by atoms with Crippen LogP contribution in [0.3, 0.4) is 0 Å². The average Bonchev–Trinajstić information content (AvgIpc) is 3.11. The molecule has 4 nitrogen and oxygen atoms in total. The van der Waals surface area contributed by atoms with Crippen LogP contribution in [0.4, 0.5) is 0 Å². The second-order valence-electron chi connectivity index (χ2n) is 5.51. The summed E-state index contributed by atoms with van der Waals surface area (Å²) in [5.41, 5.74) is 0. The molecule has 0 bridgehead atoms. The Bertz CT molecular complexity index is 396. The Balaban J connectivity index is 1.78. The Morgan fingerprint density at radius 1 is 1.45 bits per heavy atom. The van der Waals surface area contributed by atoms with E-state index in [4.69, 9.17) is 4.74 Å². The fourth-order valence-corrected chi connectivity index (χ4v) is 3.34. The molecule has 1 aromatic heterocycles. The van der Waals surface area contributed by atoms with E-state index in [1.54, 1.807) is 0 Å². The van der Waals surface area contributed by atoms with Crippen molar-refractivity contribution in [2.45, 2.75) is 45.7 Å². The summed E-state index contributed by atoms with van der Waals surface area (Å²) in [5.74, 6) is 0.564. The number of hydrogen-bond donors (Lipinski definition) is 2. The average molecular weight is 297 g/mol. The minimum Gasteiger partial charge on any atom is -0.379 e. The van der Waals surface area contributed by atoms with Crippen molar-refractivity contribution < 1.29 is 4.74 Å². The summed E-state index contributed by atoms with van der Waals surface area (Å²) in [6.07, 6.45) is 4.25. The Labute approximate surface area is 126 Å². The zero-order chi connectivity index (χ0) is 14.4. The van der Waals surface area contributed by atoms with Gasteiger partial charge in [-0.05, 0) is 26.3 Å². The smallest absolute Gasteiger partial charge is 0.109 e. The first kappa shape index (κ1) is 15.9. The van der Waals surface area contributed by atoms with E-state index in [0.29, 0.717) is 18.0 Å². The monoisotopic (exact) mass is 297 g/mol. The molecule has 3 unspecified atom stereocenters. The van der Waals surface area contributed by atoms with Crippen molar-refractivity contribution in [1.82, 2.24) is 15.6 Å². The number of rotatable bonds is 8. The summed E-state index contributed by atoms with van der Waals surface area (Å²) in [4.78, 5) is 5.87. The Morgan fingerprint density at radius 3 is 3.00 bits per heavy atom. The lowest BCUT2D eigenvalue weighted by Crippen LogP contribution is -2.41. The van der Waals surface area contributed by atoms with Gasteiger partial charge in [-0.3, -0.25) is 0 Å². The fourth-order valence-electron chi connectivity index (χ4n) is 2.46. The van der Waals surface area contributed by atoms with Crippen molar-refractivity contribution in [3.63, 3.8) is 0 Å². The van der Waals surface area contributed by atoms with Gasteiger partial charge in [0.25, 0.3) is 0 Å². The molecule has 20 heavy (non-hydrogen) atoms. The summed E-state index contributed by atoms with van der Waals surface area (Å²) in [6.45, 7) is 10.3. The van der Waals surface area contributed by atoms with Gasteiger partial charge in [-0.1, -0.05) is 13.8 Å². The third-order valence-electron chi connectivity index (χ3n) is 3.83. The van der Waals surface area contributed by atoms with E-state index in [-0.39, 0.29) is 0 Å². The van der Waals surface area contributed by atoms with Crippen LogP contribution in [0.5, 0.6) is 0 Å². The number of hydrogen-bond acceptors (Lipinski definition) is 5. The molecule has 0 aromatic carbocycles. The maximum Gasteiger partial charge on any atom is 0.109 e. The molecule has 2 N–H and O–H groups in total. The van der Waals surface area contributed by atoms with E-state index in [9.17, 15) is 0 Å². The molecule has 114 valence electrons. The van der Waals surface area contributed by atoms with Gasteiger partial charge < -0.3 is 15.4 Å². The van der Waals surface area contributed by atoms with Gasteiger partial charge in [-0.2, -0.15) is 0 Å². The Kier molecular flexibility index (Phi) is 6.42. The maximum absolute atomic E-state index is 5.61. The Hall–Kier alpha value is -0.490. The molecule has 0 amide bonds. The Morgan fingerprint density at radius 2 is 2.30 bits per heavy atom. The quantitative estimate of drug-likeness (QED) is 0.773. The van der Waals surface area contributed by atoms with Crippen molar-refractivity contribution in [3.05, 3.63) is 16.1 Å². The first-order valence-corrected chi connectivity index (χ1v) is 8.55. The highest BCUT2D eigenvalue weighted by Crippen LogP contribution is 2.21. The number of nitrogens with zero attached hydrogens (tertiary/aromatic N) is 1. The van der Waals surface area contributed by atoms with Crippen molar-refractivity contribution in [2.75, 3.05) is 26.3 Å². The summed E-state index contributed by atoms with van der Waals surface area (Å²) in [5, 5.41) is 8.39. The van der Waals surface area contributed by atoms with Crippen molar-refractivity contribution in [3.8, 4) is 0 Å². The van der Waals surface area contributed by atoms with Crippen LogP contribution in [0.2, 0.25) is 0 Å². The number of nitrogens with one attached hydrogen (secondary N) is 2. The highest BCUT2D eigenvalue weighted by molar-refractivity contribution is 7.11. The molecular formula is C15H27N3OS. The molecule has 1 fully saturated rings. The zero-order valence-electron chi connectivity index (χ0n) is 12.8. The number of aryl methyl sites for hydroxylation is 1. The van der Waals surface area contributed by atoms with Gasteiger partial charge in [0.05, 0.1) is 19.3 Å². The van der Waals surface area contributed by atoms with E-state index in [1.807, 2.05) is 17.5 Å². The first-order valence-electron chi connectivity index (χ1n) is 7.73. The molecule has 1 saturated heterocycles. The third kappa shape index (κ3) is 4.25. The minimum absolute atomic E-state index is 0.327. The SMILES string of the molecule is CCCNC1COCC1CNC(C)c1ncc(CC)s1. The van der Waals surface area contributed by atoms with Gasteiger partial charge in [0.2, 0.25) is 0 Å². The summed E-state index contributed by atoms with van der Waals surface area (Å²) >= 11 is 1.82. The van der Waals surface area contributed by atoms with Gasteiger partial charge in [-0.25, -0.2) is 4.98 Å². The predicted molar refractivity (Wildman–Crippen MR) is 84.3 cm³/mol. The standard InChI is InChI=1S/C15H27N3OS/c1-4-6-16-14-10-19-9-12(14)7-17-11(3)15-18-8-13(5-2)20-15/h8,11-12,14,16-17H,4-7,9-10H2,1-3H3. The molecule has 3 atom stereocenters. The zero-order valence-corrected chi connectivity index (χ0v) is 13.6. The molecule has 1 aromatic rings. The van der Waals surface area contributed by atoms with Crippen molar-refractivity contribution >= 4 is 11.3 Å². The number of ether oxygens (including phenoxy) is 1. The second kappa shape index (κ2) is 8.08. The summed E-state index contributed by atoms with van der Waals surface area (Å²) < 4.78 is 5.61. The van der Waals surface area contributed by atoms with Crippen LogP contribution in [0.15, 0.2) is 6.20 Å². The second-order valence-corrected chi connectivity index (χ2v) is 6.65. The van der Waals surface area contributed by atoms with Crippen LogP contribution in [-0.4, -0.2) is 37.3 Å². The lowest BCUT2D eigenvalue weighted by molar-refractivity contribution is 0.181. The van der Waals surface area contributed by atoms with E-state index >= 15 is 0 Å². The third-order valence-corrected chi connectivity index (χ3v) is 5.16. The molecule has 0 radical (unpaired) electrons. The van der Waals surface area contributed by atoms with Gasteiger partial charge >= 0.3 is 0 Å². The molecule has 0 saturated carbocycles. The first-order chi connectivity index (χ1) is 9.74. The van der Waals surface area contributed by atoms with Crippen LogP contribution in [0, 0.1) is 5.92 Å². The van der Waals surface area contributed by atoms with E-state index in [2.05, 4.69) is 36.4 Å². The van der Waals surface area contributed by atoms with E-state index < -0.39 is 0 Å². The highest BCUT2D eigenvalue weighted by atomic mass is 32.1. The van der Waals surface area contributed by atoms with Crippen LogP contribution >= 0.6 is 11.3 Å². The van der Waals surface area contributed by atoms with Crippen molar-refractivity contribution in [2.24, 2.45) is 5.92 Å². The normalized spacial score (nSPS) is 24.1. The van der Waals surface area contributed by atoms with Gasteiger partial charge in [0.1, 0.15) is 5.01 Å². The van der Waals surface area contributed by atoms with Gasteiger partial charge in [0.15, 0.2) is 0 Å². The molecule has 5 heteroatoms. The molecule has 1 aliphatic rings. The van der Waals surface area contributed by atoms with Crippen LogP contribution in [0.25, 0.3) is 0 Å². The molecule has 2 rings (SSSR count). The number of aromatic nitrogens is 1. The molecule has 0 spiro atoms. The molecule has 0 aliphatic carbocycles. The summed E-state index contributed by atoms with van der Waals surface area (Å²) in [6, 6.07) is 0.824. The van der Waals surface area contributed by atoms with Crippen LogP contribution in [0.1, 0.15) is 43.1 Å². The predicted octanol–water partition coefficient (Wildman–Crippen LogP) is 2.37. The largest absolute Gasteiger partial charge is 0.379 e. The number of thiazole rings is 1. The maximum atomic E-state index is 5.61. The molecule has 1 aliphatic heterocycles. The minimum atomic E-state index is 0.327. The summed E-state index contributed by atoms with van der Waals surface area (Å²) in [7, 11) is 0. The topological polar surface area (TPSA) is 46.2 Å². The highest BCUT2D eigenvalue weighted by Gasteiger charge is 2.27. The van der Waals surface area contributed by atoms with Crippen molar-refractivity contribution in [1.29, 1.82) is 0 Å². The molecule has 2 heterocycles. The van der Waals surface area contributed by atoms with Crippen LogP contribution in [-0.2, 0) is 11.2 Å². The lowest BCUT2D eigenvalue weighted by atomic mass is 10.0. The van der Waals surface area contributed by atoms with Gasteiger partial charge in [0, 0.05) is 29.6 Å². The molecular weight excluding hydrogens is 270 g/mol. The van der Waals surface area contributed by atoms with E-state index in [0.717, 1.165) is 32.7 Å².